The first-order valence-electron chi connectivity index (χ1n) is 11.3. The van der Waals surface area contributed by atoms with Crippen molar-refractivity contribution in [1.29, 1.82) is 0 Å². The van der Waals surface area contributed by atoms with Crippen molar-refractivity contribution in [2.24, 2.45) is 0 Å². The first kappa shape index (κ1) is 22.3. The van der Waals surface area contributed by atoms with Crippen LogP contribution in [0.1, 0.15) is 74.1 Å². The molecule has 168 valence electrons. The van der Waals surface area contributed by atoms with Crippen molar-refractivity contribution in [1.82, 2.24) is 14.9 Å². The summed E-state index contributed by atoms with van der Waals surface area (Å²) < 4.78 is 0. The Hall–Kier alpha value is -2.95. The Morgan fingerprint density at radius 2 is 2.06 bits per heavy atom. The number of benzene rings is 1. The quantitative estimate of drug-likeness (QED) is 0.601. The van der Waals surface area contributed by atoms with E-state index in [9.17, 15) is 9.90 Å². The number of hydrogen-bond acceptors (Lipinski definition) is 4. The molecule has 1 aliphatic heterocycles. The minimum atomic E-state index is -0.899. The number of carbonyl (C=O) groups excluding carboxylic acids is 1. The zero-order valence-electron chi connectivity index (χ0n) is 19.0. The van der Waals surface area contributed by atoms with E-state index in [2.05, 4.69) is 58.1 Å². The lowest BCUT2D eigenvalue weighted by Crippen LogP contribution is -2.50. The van der Waals surface area contributed by atoms with E-state index >= 15 is 0 Å². The van der Waals surface area contributed by atoms with Crippen LogP contribution in [0.15, 0.2) is 30.5 Å². The molecule has 3 N–H and O–H groups in total. The van der Waals surface area contributed by atoms with Gasteiger partial charge in [-0.05, 0) is 82.7 Å². The van der Waals surface area contributed by atoms with Crippen LogP contribution in [-0.4, -0.2) is 45.0 Å². The number of likely N-dealkylation sites (tertiary alicyclic amines) is 1. The maximum absolute atomic E-state index is 12.8. The minimum absolute atomic E-state index is 0.111. The number of rotatable bonds is 4. The van der Waals surface area contributed by atoms with Gasteiger partial charge in [0, 0.05) is 23.3 Å². The Morgan fingerprint density at radius 3 is 2.69 bits per heavy atom. The van der Waals surface area contributed by atoms with Gasteiger partial charge in [0.15, 0.2) is 0 Å². The maximum Gasteiger partial charge on any atom is 0.314 e. The summed E-state index contributed by atoms with van der Waals surface area (Å²) in [4.78, 5) is 25.1. The molecule has 1 aliphatic carbocycles. The molecule has 1 aromatic heterocycles. The molecular weight excluding hydrogens is 402 g/mol. The van der Waals surface area contributed by atoms with Crippen LogP contribution in [0.4, 0.5) is 11.5 Å². The summed E-state index contributed by atoms with van der Waals surface area (Å²) in [5, 5.41) is 14.6. The summed E-state index contributed by atoms with van der Waals surface area (Å²) >= 11 is 0. The number of nitrogens with one attached hydrogen (secondary N) is 2. The monoisotopic (exact) mass is 433 g/mol. The number of imidazole rings is 1. The van der Waals surface area contributed by atoms with Crippen LogP contribution in [0.25, 0.3) is 10.4 Å². The number of piperidine rings is 1. The molecule has 2 heterocycles. The number of hydrogen-bond donors (Lipinski definition) is 3. The lowest BCUT2D eigenvalue weighted by Gasteiger charge is -2.45. The second-order valence-electron chi connectivity index (χ2n) is 9.22. The van der Waals surface area contributed by atoms with E-state index in [1.165, 1.54) is 18.2 Å². The Balaban J connectivity index is 1.69. The molecule has 0 saturated carbocycles. The van der Waals surface area contributed by atoms with Crippen molar-refractivity contribution in [2.45, 2.75) is 70.1 Å². The zero-order chi connectivity index (χ0) is 22.9. The maximum atomic E-state index is 12.8. The fraction of sp³-hybridized carbons (Fsp3) is 0.480. The molecule has 0 radical (unpaired) electrons. The van der Waals surface area contributed by atoms with Gasteiger partial charge in [0.1, 0.15) is 0 Å². The molecule has 2 aliphatic rings. The van der Waals surface area contributed by atoms with Crippen LogP contribution < -0.4 is 5.32 Å². The summed E-state index contributed by atoms with van der Waals surface area (Å²) in [5.74, 6) is -0.0424. The number of aromatic nitrogens is 2. The van der Waals surface area contributed by atoms with Gasteiger partial charge in [-0.25, -0.2) is 4.98 Å². The summed E-state index contributed by atoms with van der Waals surface area (Å²) in [7, 11) is 2.11. The van der Waals surface area contributed by atoms with Gasteiger partial charge in [0.25, 0.3) is 5.82 Å². The van der Waals surface area contributed by atoms with Crippen molar-refractivity contribution in [3.05, 3.63) is 58.8 Å². The van der Waals surface area contributed by atoms with E-state index < -0.39 is 5.60 Å². The lowest BCUT2D eigenvalue weighted by atomic mass is 9.77. The third-order valence-corrected chi connectivity index (χ3v) is 7.00. The van der Waals surface area contributed by atoms with Gasteiger partial charge in [-0.2, -0.15) is 0 Å². The highest BCUT2D eigenvalue weighted by molar-refractivity contribution is 6.03. The lowest BCUT2D eigenvalue weighted by molar-refractivity contribution is -0.0629. The molecule has 1 saturated heterocycles. The number of H-pyrrole nitrogens is 1. The normalized spacial score (nSPS) is 26.3. The van der Waals surface area contributed by atoms with E-state index in [4.69, 9.17) is 6.57 Å². The molecule has 1 amide bonds. The van der Waals surface area contributed by atoms with E-state index in [-0.39, 0.29) is 29.6 Å². The van der Waals surface area contributed by atoms with Crippen LogP contribution in [0.3, 0.4) is 0 Å². The molecule has 2 unspecified atom stereocenters. The molecule has 1 fully saturated rings. The van der Waals surface area contributed by atoms with Crippen LogP contribution in [0.2, 0.25) is 0 Å². The van der Waals surface area contributed by atoms with Gasteiger partial charge in [0.05, 0.1) is 11.8 Å². The van der Waals surface area contributed by atoms with Crippen LogP contribution in [0.5, 0.6) is 0 Å². The Labute approximate surface area is 189 Å². The molecule has 4 rings (SSSR count). The molecule has 2 aromatic rings. The Kier molecular flexibility index (Phi) is 6.18. The number of nitrogens with zero attached hydrogens (tertiary/aromatic N) is 3. The number of aliphatic hydroxyl groups is 1. The molecule has 2 atom stereocenters. The summed E-state index contributed by atoms with van der Waals surface area (Å²) in [5.41, 5.74) is 2.86. The SMILES string of the molecule is [C-]#[N+]c1cnc(C(=O)Nc2ccc(C3(O)CC(C)N(C)C(C)C3)cc2C2=CCCCC2)[nH]1. The largest absolute Gasteiger partial charge is 0.385 e. The number of anilines is 1. The van der Waals surface area contributed by atoms with Crippen molar-refractivity contribution < 1.29 is 9.90 Å². The van der Waals surface area contributed by atoms with Crippen molar-refractivity contribution in [3.63, 3.8) is 0 Å². The van der Waals surface area contributed by atoms with Crippen molar-refractivity contribution in [3.8, 4) is 0 Å². The topological polar surface area (TPSA) is 85.6 Å². The van der Waals surface area contributed by atoms with Gasteiger partial charge in [-0.3, -0.25) is 9.78 Å². The van der Waals surface area contributed by atoms with Crippen molar-refractivity contribution in [2.75, 3.05) is 12.4 Å². The Bertz CT molecular complexity index is 1070. The van der Waals surface area contributed by atoms with E-state index in [1.807, 2.05) is 12.1 Å². The second-order valence-corrected chi connectivity index (χ2v) is 9.22. The van der Waals surface area contributed by atoms with Crippen LogP contribution in [0, 0.1) is 6.57 Å². The van der Waals surface area contributed by atoms with Gasteiger partial charge in [-0.15, -0.1) is 0 Å². The molecule has 7 nitrogen and oxygen atoms in total. The van der Waals surface area contributed by atoms with Gasteiger partial charge < -0.3 is 20.2 Å². The van der Waals surface area contributed by atoms with E-state index in [1.54, 1.807) is 0 Å². The fourth-order valence-corrected chi connectivity index (χ4v) is 4.98. The van der Waals surface area contributed by atoms with Gasteiger partial charge in [-0.1, -0.05) is 18.7 Å². The molecule has 1 aromatic carbocycles. The van der Waals surface area contributed by atoms with E-state index in [0.29, 0.717) is 18.5 Å². The molecule has 7 heteroatoms. The highest BCUT2D eigenvalue weighted by Gasteiger charge is 2.40. The zero-order valence-corrected chi connectivity index (χ0v) is 19.0. The minimum Gasteiger partial charge on any atom is -0.385 e. The smallest absolute Gasteiger partial charge is 0.314 e. The molecule has 32 heavy (non-hydrogen) atoms. The first-order chi connectivity index (χ1) is 15.3. The number of aromatic amines is 1. The van der Waals surface area contributed by atoms with Crippen LogP contribution in [-0.2, 0) is 5.60 Å². The standard InChI is InChI=1S/C25H31N5O2/c1-16-13-25(32,14-17(2)30(16)4)19-10-11-21(20(12-19)18-8-6-5-7-9-18)28-24(31)23-27-15-22(26-3)29-23/h8,10-12,15-17,32H,5-7,9,13-14H2,1-2,4H3,(H,27,29)(H,28,31). The second kappa shape index (κ2) is 8.89. The number of carbonyl (C=O) groups is 1. The summed E-state index contributed by atoms with van der Waals surface area (Å²) in [6, 6.07) is 6.43. The molecule has 0 spiro atoms. The predicted molar refractivity (Wildman–Crippen MR) is 126 cm³/mol. The highest BCUT2D eigenvalue weighted by atomic mass is 16.3. The van der Waals surface area contributed by atoms with Crippen LogP contribution >= 0.6 is 0 Å². The predicted octanol–water partition coefficient (Wildman–Crippen LogP) is 4.86. The molecule has 0 bridgehead atoms. The third-order valence-electron chi connectivity index (χ3n) is 7.00. The molecular formula is C25H31N5O2. The van der Waals surface area contributed by atoms with Crippen molar-refractivity contribution >= 4 is 23.0 Å². The number of allylic oxidation sites excluding steroid dienone is 2. The highest BCUT2D eigenvalue weighted by Crippen LogP contribution is 2.41. The first-order valence-corrected chi connectivity index (χ1v) is 11.3. The van der Waals surface area contributed by atoms with E-state index in [0.717, 1.165) is 30.4 Å². The average Bonchev–Trinajstić information content (AvgIpc) is 3.28. The Morgan fingerprint density at radius 1 is 1.31 bits per heavy atom. The summed E-state index contributed by atoms with van der Waals surface area (Å²) in [6.07, 6.45) is 9.18. The average molecular weight is 434 g/mol. The third kappa shape index (κ3) is 4.34. The number of amides is 1. The van der Waals surface area contributed by atoms with Gasteiger partial charge >= 0.3 is 5.91 Å². The summed E-state index contributed by atoms with van der Waals surface area (Å²) in [6.45, 7) is 11.4. The fourth-order valence-electron chi connectivity index (χ4n) is 4.98. The van der Waals surface area contributed by atoms with Gasteiger partial charge in [0.2, 0.25) is 5.82 Å².